The largest absolute Gasteiger partial charge is 0.320 e. The third-order valence-corrected chi connectivity index (χ3v) is 4.99. The molecule has 1 aliphatic heterocycles. The zero-order valence-corrected chi connectivity index (χ0v) is 10.5. The Morgan fingerprint density at radius 1 is 1.44 bits per heavy atom. The Labute approximate surface area is 96.8 Å². The molecule has 1 aromatic rings. The molecular formula is C12H17NO2S. The van der Waals surface area contributed by atoms with Gasteiger partial charge >= 0.3 is 0 Å². The molecule has 0 saturated carbocycles. The maximum atomic E-state index is 11.9. The van der Waals surface area contributed by atoms with Crippen LogP contribution in [0.25, 0.3) is 0 Å². The van der Waals surface area contributed by atoms with Crippen molar-refractivity contribution >= 4 is 9.84 Å². The maximum absolute atomic E-state index is 11.9. The van der Waals surface area contributed by atoms with E-state index in [9.17, 15) is 8.42 Å². The SMILES string of the molecule is CNCCC1CS(=O)(=O)c2ccc(C)cc21. The van der Waals surface area contributed by atoms with Gasteiger partial charge in [-0.05, 0) is 38.6 Å². The van der Waals surface area contributed by atoms with Crippen LogP contribution < -0.4 is 5.32 Å². The second-order valence-electron chi connectivity index (χ2n) is 4.41. The summed E-state index contributed by atoms with van der Waals surface area (Å²) in [5.41, 5.74) is 2.14. The molecule has 0 radical (unpaired) electrons. The van der Waals surface area contributed by atoms with Gasteiger partial charge < -0.3 is 5.32 Å². The van der Waals surface area contributed by atoms with E-state index in [2.05, 4.69) is 5.32 Å². The van der Waals surface area contributed by atoms with E-state index in [1.54, 1.807) is 6.07 Å². The third-order valence-electron chi connectivity index (χ3n) is 3.10. The third kappa shape index (κ3) is 1.99. The molecular weight excluding hydrogens is 222 g/mol. The van der Waals surface area contributed by atoms with Crippen LogP contribution in [-0.2, 0) is 9.84 Å². The van der Waals surface area contributed by atoms with Gasteiger partial charge in [0.2, 0.25) is 0 Å². The van der Waals surface area contributed by atoms with E-state index in [0.717, 1.165) is 24.1 Å². The number of nitrogens with one attached hydrogen (secondary N) is 1. The van der Waals surface area contributed by atoms with Crippen molar-refractivity contribution in [2.24, 2.45) is 0 Å². The molecule has 1 aromatic carbocycles. The molecule has 4 heteroatoms. The molecule has 1 heterocycles. The fraction of sp³-hybridized carbons (Fsp3) is 0.500. The van der Waals surface area contributed by atoms with Crippen LogP contribution in [0, 0.1) is 6.92 Å². The molecule has 3 nitrogen and oxygen atoms in total. The summed E-state index contributed by atoms with van der Waals surface area (Å²) in [5.74, 6) is 0.431. The fourth-order valence-electron chi connectivity index (χ4n) is 2.27. The molecule has 1 N–H and O–H groups in total. The highest BCUT2D eigenvalue weighted by molar-refractivity contribution is 7.91. The topological polar surface area (TPSA) is 46.2 Å². The molecule has 2 rings (SSSR count). The Morgan fingerprint density at radius 3 is 2.88 bits per heavy atom. The van der Waals surface area contributed by atoms with Crippen LogP contribution in [0.15, 0.2) is 23.1 Å². The van der Waals surface area contributed by atoms with Gasteiger partial charge in [0.25, 0.3) is 0 Å². The van der Waals surface area contributed by atoms with E-state index in [4.69, 9.17) is 0 Å². The van der Waals surface area contributed by atoms with Crippen molar-refractivity contribution in [1.82, 2.24) is 5.32 Å². The molecule has 0 aliphatic carbocycles. The van der Waals surface area contributed by atoms with Crippen LogP contribution in [0.2, 0.25) is 0 Å². The first-order valence-electron chi connectivity index (χ1n) is 5.52. The number of fused-ring (bicyclic) bond motifs is 1. The summed E-state index contributed by atoms with van der Waals surface area (Å²) in [4.78, 5) is 0.541. The Kier molecular flexibility index (Phi) is 3.04. The van der Waals surface area contributed by atoms with Crippen molar-refractivity contribution in [3.8, 4) is 0 Å². The first-order chi connectivity index (χ1) is 7.54. The Hall–Kier alpha value is -0.870. The predicted molar refractivity (Wildman–Crippen MR) is 64.5 cm³/mol. The van der Waals surface area contributed by atoms with Gasteiger partial charge in [-0.2, -0.15) is 0 Å². The number of aryl methyl sites for hydroxylation is 1. The highest BCUT2D eigenvalue weighted by atomic mass is 32.2. The Morgan fingerprint density at radius 2 is 2.19 bits per heavy atom. The lowest BCUT2D eigenvalue weighted by Crippen LogP contribution is -2.13. The Balaban J connectivity index is 2.40. The minimum atomic E-state index is -3.03. The van der Waals surface area contributed by atoms with Crippen molar-refractivity contribution in [1.29, 1.82) is 0 Å². The van der Waals surface area contributed by atoms with Crippen molar-refractivity contribution in [2.45, 2.75) is 24.2 Å². The molecule has 88 valence electrons. The van der Waals surface area contributed by atoms with Crippen molar-refractivity contribution in [3.63, 3.8) is 0 Å². The second kappa shape index (κ2) is 4.18. The number of rotatable bonds is 3. The van der Waals surface area contributed by atoms with Gasteiger partial charge in [-0.25, -0.2) is 8.42 Å². The summed E-state index contributed by atoms with van der Waals surface area (Å²) >= 11 is 0. The molecule has 0 aromatic heterocycles. The summed E-state index contributed by atoms with van der Waals surface area (Å²) in [5, 5.41) is 3.07. The quantitative estimate of drug-likeness (QED) is 0.869. The molecule has 0 amide bonds. The average Bonchev–Trinajstić information content (AvgIpc) is 2.47. The lowest BCUT2D eigenvalue weighted by atomic mass is 9.96. The van der Waals surface area contributed by atoms with Crippen molar-refractivity contribution < 1.29 is 8.42 Å². The van der Waals surface area contributed by atoms with Crippen molar-refractivity contribution in [3.05, 3.63) is 29.3 Å². The monoisotopic (exact) mass is 239 g/mol. The fourth-order valence-corrected chi connectivity index (χ4v) is 4.19. The first-order valence-corrected chi connectivity index (χ1v) is 7.18. The lowest BCUT2D eigenvalue weighted by Gasteiger charge is -2.09. The van der Waals surface area contributed by atoms with Crippen LogP contribution in [0.3, 0.4) is 0 Å². The van der Waals surface area contributed by atoms with Gasteiger partial charge in [-0.15, -0.1) is 0 Å². The summed E-state index contributed by atoms with van der Waals surface area (Å²) in [6.45, 7) is 2.86. The molecule has 0 bridgehead atoms. The van der Waals surface area contributed by atoms with Crippen LogP contribution in [0.5, 0.6) is 0 Å². The predicted octanol–water partition coefficient (Wildman–Crippen LogP) is 1.48. The van der Waals surface area contributed by atoms with E-state index in [1.165, 1.54) is 0 Å². The van der Waals surface area contributed by atoms with E-state index in [0.29, 0.717) is 4.90 Å². The van der Waals surface area contributed by atoms with Gasteiger partial charge in [0, 0.05) is 5.92 Å². The smallest absolute Gasteiger partial charge is 0.179 e. The van der Waals surface area contributed by atoms with E-state index in [-0.39, 0.29) is 11.7 Å². The minimum Gasteiger partial charge on any atom is -0.320 e. The first kappa shape index (κ1) is 11.6. The normalized spacial score (nSPS) is 22.0. The zero-order chi connectivity index (χ0) is 11.8. The molecule has 1 aliphatic rings. The van der Waals surface area contributed by atoms with Gasteiger partial charge in [0.05, 0.1) is 10.6 Å². The van der Waals surface area contributed by atoms with Crippen LogP contribution in [-0.4, -0.2) is 27.8 Å². The zero-order valence-electron chi connectivity index (χ0n) is 9.66. The molecule has 0 spiro atoms. The number of hydrogen-bond donors (Lipinski definition) is 1. The van der Waals surface area contributed by atoms with Crippen LogP contribution in [0.4, 0.5) is 0 Å². The Bertz CT molecular complexity index is 494. The molecule has 0 saturated heterocycles. The van der Waals surface area contributed by atoms with E-state index < -0.39 is 9.84 Å². The summed E-state index contributed by atoms with van der Waals surface area (Å²) in [7, 11) is -1.14. The summed E-state index contributed by atoms with van der Waals surface area (Å²) < 4.78 is 23.8. The van der Waals surface area contributed by atoms with Gasteiger partial charge in [0.15, 0.2) is 9.84 Å². The second-order valence-corrected chi connectivity index (χ2v) is 6.41. The standard InChI is InChI=1S/C12H17NO2S/c1-9-3-4-12-11(7-9)10(5-6-13-2)8-16(12,14)15/h3-4,7,10,13H,5-6,8H2,1-2H3. The van der Waals surface area contributed by atoms with Gasteiger partial charge in [0.1, 0.15) is 0 Å². The van der Waals surface area contributed by atoms with E-state index >= 15 is 0 Å². The van der Waals surface area contributed by atoms with Gasteiger partial charge in [-0.1, -0.05) is 17.7 Å². The summed E-state index contributed by atoms with van der Waals surface area (Å²) in [6, 6.07) is 5.64. The van der Waals surface area contributed by atoms with Gasteiger partial charge in [-0.3, -0.25) is 0 Å². The van der Waals surface area contributed by atoms with Crippen LogP contribution in [0.1, 0.15) is 23.5 Å². The number of benzene rings is 1. The summed E-state index contributed by atoms with van der Waals surface area (Å²) in [6.07, 6.45) is 0.881. The average molecular weight is 239 g/mol. The molecule has 0 fully saturated rings. The van der Waals surface area contributed by atoms with Crippen LogP contribution >= 0.6 is 0 Å². The number of sulfone groups is 1. The molecule has 1 atom stereocenters. The maximum Gasteiger partial charge on any atom is 0.179 e. The minimum absolute atomic E-state index is 0.160. The lowest BCUT2D eigenvalue weighted by molar-refractivity contribution is 0.591. The highest BCUT2D eigenvalue weighted by Crippen LogP contribution is 2.37. The highest BCUT2D eigenvalue weighted by Gasteiger charge is 2.33. The van der Waals surface area contributed by atoms with E-state index in [1.807, 2.05) is 26.1 Å². The molecule has 1 unspecified atom stereocenters. The van der Waals surface area contributed by atoms with Crippen molar-refractivity contribution in [2.75, 3.05) is 19.3 Å². The molecule has 16 heavy (non-hydrogen) atoms. The number of hydrogen-bond acceptors (Lipinski definition) is 3.